The molecule has 0 N–H and O–H groups in total. The number of benzene rings is 1. The van der Waals surface area contributed by atoms with E-state index < -0.39 is 11.6 Å². The van der Waals surface area contributed by atoms with Gasteiger partial charge in [0.25, 0.3) is 0 Å². The van der Waals surface area contributed by atoms with Gasteiger partial charge in [-0.1, -0.05) is 15.9 Å². The van der Waals surface area contributed by atoms with Gasteiger partial charge in [-0.3, -0.25) is 0 Å². The number of hydrogen-bond donors (Lipinski definition) is 0. The van der Waals surface area contributed by atoms with Crippen LogP contribution in [0.2, 0.25) is 0 Å². The minimum Gasteiger partial charge on any atom is -0.490 e. The highest BCUT2D eigenvalue weighted by molar-refractivity contribution is 9.10. The zero-order valence-corrected chi connectivity index (χ0v) is 11.4. The molecule has 18 heavy (non-hydrogen) atoms. The van der Waals surface area contributed by atoms with Crippen LogP contribution in [0.4, 0.5) is 13.2 Å². The molecule has 1 heterocycles. The highest BCUT2D eigenvalue weighted by atomic mass is 79.9. The van der Waals surface area contributed by atoms with Gasteiger partial charge in [-0.2, -0.15) is 13.2 Å². The number of halogens is 5. The topological polar surface area (TPSA) is 18.5 Å². The Kier molecular flexibility index (Phi) is 3.96. The first-order valence-corrected chi connectivity index (χ1v) is 6.42. The molecule has 1 aliphatic heterocycles. The lowest BCUT2D eigenvalue weighted by Crippen LogP contribution is -2.16. The zero-order chi connectivity index (χ0) is 13.3. The molecule has 0 spiro atoms. The number of fused-ring (bicyclic) bond motifs is 1. The second-order valence-corrected chi connectivity index (χ2v) is 5.07. The lowest BCUT2D eigenvalue weighted by Gasteiger charge is -2.17. The molecule has 0 saturated heterocycles. The van der Waals surface area contributed by atoms with E-state index in [4.69, 9.17) is 21.1 Å². The number of rotatable bonds is 1. The van der Waals surface area contributed by atoms with Crippen molar-refractivity contribution in [2.24, 2.45) is 0 Å². The average Bonchev–Trinajstić information content (AvgIpc) is 2.50. The predicted molar refractivity (Wildman–Crippen MR) is 64.4 cm³/mol. The standard InChI is InChI=1S/C11H9BrClF3O2/c12-7-5-9-8(17-2-1-3-18-9)4-6(7)10(13)11(14,15)16/h4-5,10H,1-3H2. The van der Waals surface area contributed by atoms with Gasteiger partial charge < -0.3 is 9.47 Å². The van der Waals surface area contributed by atoms with Crippen molar-refractivity contribution >= 4 is 27.5 Å². The highest BCUT2D eigenvalue weighted by Crippen LogP contribution is 2.45. The van der Waals surface area contributed by atoms with Gasteiger partial charge in [-0.25, -0.2) is 0 Å². The van der Waals surface area contributed by atoms with Crippen LogP contribution >= 0.6 is 27.5 Å². The molecule has 100 valence electrons. The first-order valence-electron chi connectivity index (χ1n) is 5.19. The summed E-state index contributed by atoms with van der Waals surface area (Å²) < 4.78 is 48.8. The van der Waals surface area contributed by atoms with Crippen molar-refractivity contribution in [1.82, 2.24) is 0 Å². The number of alkyl halides is 4. The van der Waals surface area contributed by atoms with E-state index in [0.717, 1.165) is 0 Å². The maximum Gasteiger partial charge on any atom is 0.408 e. The highest BCUT2D eigenvalue weighted by Gasteiger charge is 2.40. The summed E-state index contributed by atoms with van der Waals surface area (Å²) in [4.78, 5) is 0. The molecule has 0 aliphatic carbocycles. The van der Waals surface area contributed by atoms with Crippen molar-refractivity contribution in [3.05, 3.63) is 22.2 Å². The fraction of sp³-hybridized carbons (Fsp3) is 0.455. The van der Waals surface area contributed by atoms with Gasteiger partial charge in [-0.05, 0) is 17.7 Å². The van der Waals surface area contributed by atoms with E-state index in [-0.39, 0.29) is 10.0 Å². The Morgan fingerprint density at radius 1 is 1.17 bits per heavy atom. The third-order valence-electron chi connectivity index (χ3n) is 2.43. The normalized spacial score (nSPS) is 17.2. The van der Waals surface area contributed by atoms with E-state index in [1.165, 1.54) is 12.1 Å². The fourth-order valence-corrected chi connectivity index (χ4v) is 2.43. The number of ether oxygens (including phenoxy) is 2. The molecule has 1 aromatic carbocycles. The summed E-state index contributed by atoms with van der Waals surface area (Å²) in [7, 11) is 0. The van der Waals surface area contributed by atoms with Crippen LogP contribution in [-0.4, -0.2) is 19.4 Å². The summed E-state index contributed by atoms with van der Waals surface area (Å²) in [6.07, 6.45) is -3.82. The average molecular weight is 346 g/mol. The molecular weight excluding hydrogens is 336 g/mol. The first-order chi connectivity index (χ1) is 8.39. The Labute approximate surface area is 115 Å². The maximum absolute atomic E-state index is 12.6. The van der Waals surface area contributed by atoms with E-state index in [0.29, 0.717) is 31.1 Å². The van der Waals surface area contributed by atoms with Crippen LogP contribution in [0, 0.1) is 0 Å². The predicted octanol–water partition coefficient (Wildman–Crippen LogP) is 4.45. The van der Waals surface area contributed by atoms with E-state index >= 15 is 0 Å². The molecule has 2 nitrogen and oxygen atoms in total. The van der Waals surface area contributed by atoms with Crippen molar-refractivity contribution in [3.8, 4) is 11.5 Å². The Balaban J connectivity index is 2.41. The molecule has 0 radical (unpaired) electrons. The van der Waals surface area contributed by atoms with E-state index in [9.17, 15) is 13.2 Å². The quantitative estimate of drug-likeness (QED) is 0.700. The first kappa shape index (κ1) is 13.8. The second-order valence-electron chi connectivity index (χ2n) is 3.78. The molecule has 0 fully saturated rings. The van der Waals surface area contributed by atoms with Crippen molar-refractivity contribution in [2.45, 2.75) is 18.0 Å². The molecule has 0 bridgehead atoms. The van der Waals surface area contributed by atoms with E-state index in [1.807, 2.05) is 0 Å². The van der Waals surface area contributed by atoms with Gasteiger partial charge in [-0.15, -0.1) is 11.6 Å². The van der Waals surface area contributed by atoms with Gasteiger partial charge in [0, 0.05) is 10.9 Å². The summed E-state index contributed by atoms with van der Waals surface area (Å²) in [6.45, 7) is 0.884. The second kappa shape index (κ2) is 5.17. The van der Waals surface area contributed by atoms with Crippen molar-refractivity contribution in [1.29, 1.82) is 0 Å². The van der Waals surface area contributed by atoms with Crippen molar-refractivity contribution in [2.75, 3.05) is 13.2 Å². The van der Waals surface area contributed by atoms with Crippen LogP contribution in [0.3, 0.4) is 0 Å². The minimum atomic E-state index is -4.51. The maximum atomic E-state index is 12.6. The SMILES string of the molecule is FC(F)(F)C(Cl)c1cc2c(cc1Br)OCCCO2. The molecule has 2 rings (SSSR count). The Morgan fingerprint density at radius 2 is 1.72 bits per heavy atom. The third kappa shape index (κ3) is 2.85. The van der Waals surface area contributed by atoms with Gasteiger partial charge in [0.2, 0.25) is 0 Å². The minimum absolute atomic E-state index is 0.0755. The van der Waals surface area contributed by atoms with Crippen LogP contribution in [0.15, 0.2) is 16.6 Å². The molecule has 0 saturated carbocycles. The molecule has 1 aliphatic rings. The van der Waals surface area contributed by atoms with Crippen molar-refractivity contribution in [3.63, 3.8) is 0 Å². The lowest BCUT2D eigenvalue weighted by molar-refractivity contribution is -0.131. The fourth-order valence-electron chi connectivity index (χ4n) is 1.57. The Morgan fingerprint density at radius 3 is 2.28 bits per heavy atom. The monoisotopic (exact) mass is 344 g/mol. The smallest absolute Gasteiger partial charge is 0.408 e. The summed E-state index contributed by atoms with van der Waals surface area (Å²) in [6, 6.07) is 2.73. The van der Waals surface area contributed by atoms with Crippen LogP contribution in [0.1, 0.15) is 17.4 Å². The lowest BCUT2D eigenvalue weighted by atomic mass is 10.1. The van der Waals surface area contributed by atoms with Gasteiger partial charge in [0.15, 0.2) is 16.9 Å². The summed E-state index contributed by atoms with van der Waals surface area (Å²) >= 11 is 8.49. The summed E-state index contributed by atoms with van der Waals surface area (Å²) in [5, 5.41) is -2.08. The molecule has 1 unspecified atom stereocenters. The van der Waals surface area contributed by atoms with Crippen LogP contribution in [0.5, 0.6) is 11.5 Å². The molecule has 1 atom stereocenters. The third-order valence-corrected chi connectivity index (χ3v) is 3.60. The molecule has 0 aromatic heterocycles. The zero-order valence-electron chi connectivity index (χ0n) is 9.06. The van der Waals surface area contributed by atoms with Crippen LogP contribution in [0.25, 0.3) is 0 Å². The molecular formula is C11H9BrClF3O2. The van der Waals surface area contributed by atoms with Gasteiger partial charge >= 0.3 is 6.18 Å². The Bertz CT molecular complexity index is 451. The summed E-state index contributed by atoms with van der Waals surface area (Å²) in [5.74, 6) is 0.717. The van der Waals surface area contributed by atoms with Crippen molar-refractivity contribution < 1.29 is 22.6 Å². The molecule has 7 heteroatoms. The van der Waals surface area contributed by atoms with Gasteiger partial charge in [0.1, 0.15) is 0 Å². The van der Waals surface area contributed by atoms with E-state index in [1.54, 1.807) is 0 Å². The van der Waals surface area contributed by atoms with E-state index in [2.05, 4.69) is 15.9 Å². The molecule has 1 aromatic rings. The number of hydrogen-bond acceptors (Lipinski definition) is 2. The van der Waals surface area contributed by atoms with Crippen LogP contribution in [-0.2, 0) is 0 Å². The van der Waals surface area contributed by atoms with Crippen LogP contribution < -0.4 is 9.47 Å². The summed E-state index contributed by atoms with van der Waals surface area (Å²) in [5.41, 5.74) is -0.0755. The largest absolute Gasteiger partial charge is 0.490 e. The van der Waals surface area contributed by atoms with Gasteiger partial charge in [0.05, 0.1) is 13.2 Å². The Hall–Kier alpha value is -0.620. The molecule has 0 amide bonds.